The third-order valence-corrected chi connectivity index (χ3v) is 18.2. The van der Waals surface area contributed by atoms with Gasteiger partial charge in [-0.15, -0.1) is 0 Å². The molecule has 0 fully saturated rings. The smallest absolute Gasteiger partial charge is 0.248 e. The maximum Gasteiger partial charge on any atom is 0.248 e. The quantitative estimate of drug-likeness (QED) is 0.163. The lowest BCUT2D eigenvalue weighted by Crippen LogP contribution is -2.54. The minimum atomic E-state index is -0.140. The molecule has 6 heterocycles. The van der Waals surface area contributed by atoms with Crippen molar-refractivity contribution in [1.29, 1.82) is 0 Å². The van der Waals surface area contributed by atoms with Crippen LogP contribution in [-0.2, 0) is 0 Å². The molecule has 18 rings (SSSR count). The Hall–Kier alpha value is -9.07. The summed E-state index contributed by atoms with van der Waals surface area (Å²) in [6.45, 7) is 0.610. The molecule has 9 heteroatoms. The summed E-state index contributed by atoms with van der Waals surface area (Å²) in [5.74, 6) is -0.140. The first-order valence-corrected chi connectivity index (χ1v) is 28.8. The van der Waals surface area contributed by atoms with Gasteiger partial charge >= 0.3 is 0 Å². The highest BCUT2D eigenvalue weighted by molar-refractivity contribution is 9.10. The predicted molar refractivity (Wildman–Crippen MR) is 346 cm³/mol. The largest absolute Gasteiger partial charge is 0.312 e. The molecule has 6 aliphatic heterocycles. The molecule has 12 aromatic rings. The molecule has 0 unspecified atom stereocenters. The molecule has 0 aliphatic carbocycles. The Kier molecular flexibility index (Phi) is 11.3. The fraction of sp³-hybridized carbons (Fsp3) is 0. The second-order valence-electron chi connectivity index (χ2n) is 21.3. The maximum absolute atomic E-state index is 14.8. The summed E-state index contributed by atoms with van der Waals surface area (Å²) in [5.41, 5.74) is 29.4. The summed E-state index contributed by atoms with van der Waals surface area (Å²) >= 11 is 10.5. The van der Waals surface area contributed by atoms with Crippen molar-refractivity contribution < 1.29 is 4.39 Å². The lowest BCUT2D eigenvalue weighted by molar-refractivity contribution is 0.632. The highest BCUT2D eigenvalue weighted by Gasteiger charge is 2.46. The van der Waals surface area contributed by atoms with E-state index in [4.69, 9.17) is 11.6 Å². The molecule has 81 heavy (non-hydrogen) atoms. The average Bonchev–Trinajstić information content (AvgIpc) is 3.71. The van der Waals surface area contributed by atoms with Gasteiger partial charge in [-0.2, -0.15) is 0 Å². The van der Waals surface area contributed by atoms with E-state index in [0.717, 1.165) is 38.7 Å². The molecule has 0 spiro atoms. The van der Waals surface area contributed by atoms with Crippen molar-refractivity contribution in [3.05, 3.63) is 288 Å². The van der Waals surface area contributed by atoms with Gasteiger partial charge in [0, 0.05) is 66.2 Å². The van der Waals surface area contributed by atoms with Crippen LogP contribution in [0.15, 0.2) is 277 Å². The van der Waals surface area contributed by atoms with Crippen molar-refractivity contribution in [2.24, 2.45) is 0 Å². The van der Waals surface area contributed by atoms with Crippen LogP contribution in [0.4, 0.5) is 55.6 Å². The van der Waals surface area contributed by atoms with Gasteiger partial charge in [-0.3, -0.25) is 0 Å². The number of anilines is 9. The third kappa shape index (κ3) is 7.23. The Morgan fingerprint density at radius 2 is 0.593 bits per heavy atom. The fourth-order valence-electron chi connectivity index (χ4n) is 14.2. The standard InChI is InChI=1S/C24H15BBrN.C24H15BClN.C24H15BFN/c3*26-20-13-7-12-19-23(20)17-10-6-15-22-24(17)25(19)18-11-4-5-14-21(18)27(22)16-8-2-1-3-9-16/h3*1-15H. The Morgan fingerprint density at radius 3 is 1.04 bits per heavy atom. The monoisotopic (exact) mass is 1120 g/mol. The average molecular weight is 1120 g/mol. The number of nitrogens with zero attached hydrogens (tertiary/aromatic N) is 3. The van der Waals surface area contributed by atoms with Crippen LogP contribution < -0.4 is 63.9 Å². The van der Waals surface area contributed by atoms with Gasteiger partial charge in [-0.25, -0.2) is 4.39 Å². The van der Waals surface area contributed by atoms with E-state index in [-0.39, 0.29) is 19.2 Å². The second-order valence-corrected chi connectivity index (χ2v) is 22.6. The van der Waals surface area contributed by atoms with Crippen LogP contribution >= 0.6 is 27.5 Å². The van der Waals surface area contributed by atoms with E-state index in [1.807, 2.05) is 24.3 Å². The number of para-hydroxylation sites is 6. The Labute approximate surface area is 485 Å². The predicted octanol–water partition coefficient (Wildman–Crippen LogP) is 13.5. The zero-order chi connectivity index (χ0) is 53.9. The van der Waals surface area contributed by atoms with Gasteiger partial charge in [-0.1, -0.05) is 226 Å². The molecule has 0 bridgehead atoms. The summed E-state index contributed by atoms with van der Waals surface area (Å²) < 4.78 is 16.0. The van der Waals surface area contributed by atoms with E-state index < -0.39 is 0 Å². The minimum absolute atomic E-state index is 0.0815. The highest BCUT2D eigenvalue weighted by Crippen LogP contribution is 2.45. The van der Waals surface area contributed by atoms with Crippen LogP contribution in [0.5, 0.6) is 0 Å². The summed E-state index contributed by atoms with van der Waals surface area (Å²) in [6.07, 6.45) is 0. The maximum atomic E-state index is 14.8. The van der Waals surface area contributed by atoms with Crippen molar-refractivity contribution in [3.63, 3.8) is 0 Å². The van der Waals surface area contributed by atoms with E-state index in [2.05, 4.69) is 273 Å². The van der Waals surface area contributed by atoms with Gasteiger partial charge in [0.1, 0.15) is 5.82 Å². The second kappa shape index (κ2) is 19.1. The number of fused-ring (bicyclic) bond motifs is 15. The minimum Gasteiger partial charge on any atom is -0.312 e. The summed E-state index contributed by atoms with van der Waals surface area (Å²) in [4.78, 5) is 7.09. The number of halogens is 3. The molecule has 0 saturated heterocycles. The molecular weight excluding hydrogens is 1070 g/mol. The van der Waals surface area contributed by atoms with E-state index in [0.29, 0.717) is 6.71 Å². The lowest BCUT2D eigenvalue weighted by atomic mass is 9.37. The van der Waals surface area contributed by atoms with Gasteiger partial charge < -0.3 is 14.7 Å². The molecule has 0 atom stereocenters. The van der Waals surface area contributed by atoms with Crippen LogP contribution in [0.1, 0.15) is 0 Å². The van der Waals surface area contributed by atoms with Crippen molar-refractivity contribution in [3.8, 4) is 33.4 Å². The SMILES string of the molecule is Brc1cccc2c1-c1cccc3c1B2c1ccccc1N3c1ccccc1.Clc1cccc2c1-c1cccc3c1B2c1ccccc1N3c1ccccc1.Fc1cccc2c1-c1cccc3c1B2c1ccccc1N3c1ccccc1. The van der Waals surface area contributed by atoms with E-state index in [1.54, 1.807) is 6.07 Å². The summed E-state index contributed by atoms with van der Waals surface area (Å²) in [5, 5.41) is 0.832. The topological polar surface area (TPSA) is 9.72 Å². The van der Waals surface area contributed by atoms with Gasteiger partial charge in [0.25, 0.3) is 0 Å². The summed E-state index contributed by atoms with van der Waals surface area (Å²) in [6, 6.07) is 95.6. The molecule has 0 N–H and O–H groups in total. The van der Waals surface area contributed by atoms with Crippen LogP contribution in [0, 0.1) is 5.82 Å². The molecule has 6 aliphatic rings. The van der Waals surface area contributed by atoms with Crippen molar-refractivity contribution in [1.82, 2.24) is 0 Å². The number of hydrogen-bond donors (Lipinski definition) is 0. The Morgan fingerprint density at radius 1 is 0.284 bits per heavy atom. The fourth-order valence-corrected chi connectivity index (χ4v) is 15.1. The van der Waals surface area contributed by atoms with Gasteiger partial charge in [0.05, 0.1) is 0 Å². The van der Waals surface area contributed by atoms with Crippen molar-refractivity contribution in [2.45, 2.75) is 0 Å². The molecule has 3 nitrogen and oxygen atoms in total. The Balaban J connectivity index is 0.000000100. The molecule has 378 valence electrons. The van der Waals surface area contributed by atoms with Crippen LogP contribution in [0.3, 0.4) is 0 Å². The number of rotatable bonds is 3. The van der Waals surface area contributed by atoms with Crippen molar-refractivity contribution >= 4 is 148 Å². The van der Waals surface area contributed by atoms with Gasteiger partial charge in [-0.05, 0) is 152 Å². The first-order valence-electron chi connectivity index (χ1n) is 27.6. The molecule has 0 amide bonds. The lowest BCUT2D eigenvalue weighted by Gasteiger charge is -2.35. The number of benzene rings is 12. The molecule has 0 radical (unpaired) electrons. The van der Waals surface area contributed by atoms with Crippen LogP contribution in [-0.4, -0.2) is 20.1 Å². The molecular formula is C72H45B3BrClFN3. The van der Waals surface area contributed by atoms with Crippen LogP contribution in [0.2, 0.25) is 5.02 Å². The third-order valence-electron chi connectivity index (χ3n) is 17.2. The van der Waals surface area contributed by atoms with E-state index in [1.165, 1.54) is 105 Å². The normalized spacial score (nSPS) is 13.2. The molecule has 12 aromatic carbocycles. The molecule has 0 saturated carbocycles. The van der Waals surface area contributed by atoms with E-state index in [9.17, 15) is 4.39 Å². The van der Waals surface area contributed by atoms with Gasteiger partial charge in [0.2, 0.25) is 20.1 Å². The van der Waals surface area contributed by atoms with Gasteiger partial charge in [0.15, 0.2) is 0 Å². The zero-order valence-electron chi connectivity index (χ0n) is 43.7. The first kappa shape index (κ1) is 47.9. The van der Waals surface area contributed by atoms with Crippen molar-refractivity contribution in [2.75, 3.05) is 14.7 Å². The number of hydrogen-bond acceptors (Lipinski definition) is 3. The van der Waals surface area contributed by atoms with Crippen LogP contribution in [0.25, 0.3) is 33.4 Å². The Bertz CT molecular complexity index is 4070. The summed E-state index contributed by atoms with van der Waals surface area (Å²) in [7, 11) is 0. The molecule has 0 aromatic heterocycles. The zero-order valence-corrected chi connectivity index (χ0v) is 46.0. The first-order chi connectivity index (χ1) is 40.0. The highest BCUT2D eigenvalue weighted by atomic mass is 79.9. The van der Waals surface area contributed by atoms with E-state index >= 15 is 0 Å².